The van der Waals surface area contributed by atoms with Gasteiger partial charge in [-0.05, 0) is 33.3 Å². The molecule has 1 atom stereocenters. The number of carbonyl (C=O) groups is 1. The van der Waals surface area contributed by atoms with Crippen LogP contribution < -0.4 is 5.32 Å². The molecule has 0 saturated carbocycles. The number of aryl methyl sites for hydroxylation is 3. The topological polar surface area (TPSA) is 80.9 Å². The van der Waals surface area contributed by atoms with Crippen LogP contribution >= 0.6 is 23.1 Å². The predicted octanol–water partition coefficient (Wildman–Crippen LogP) is 3.72. The molecule has 3 heterocycles. The van der Waals surface area contributed by atoms with Gasteiger partial charge in [-0.1, -0.05) is 16.9 Å². The Morgan fingerprint density at radius 3 is 2.83 bits per heavy atom. The standard InChI is InChI=1S/C15H16N4O2S2/c1-7-5-11(19-21-7)18-13(20)10(4)23-15-12-8(2)9(3)22-14(12)16-6-17-15/h5-6,10H,1-4H3,(H,18,19,20). The number of hydrogen-bond acceptors (Lipinski definition) is 7. The zero-order chi connectivity index (χ0) is 16.6. The molecule has 6 nitrogen and oxygen atoms in total. The van der Waals surface area contributed by atoms with E-state index in [2.05, 4.69) is 34.3 Å². The molecule has 23 heavy (non-hydrogen) atoms. The monoisotopic (exact) mass is 348 g/mol. The molecule has 3 rings (SSSR count). The highest BCUT2D eigenvalue weighted by Gasteiger charge is 2.20. The van der Waals surface area contributed by atoms with Gasteiger partial charge in [0, 0.05) is 16.3 Å². The fourth-order valence-electron chi connectivity index (χ4n) is 2.11. The molecule has 0 spiro atoms. The van der Waals surface area contributed by atoms with Gasteiger partial charge in [0.05, 0.1) is 5.25 Å². The van der Waals surface area contributed by atoms with Gasteiger partial charge in [-0.3, -0.25) is 4.79 Å². The number of nitrogens with zero attached hydrogens (tertiary/aromatic N) is 3. The maximum atomic E-state index is 12.3. The number of thiophene rings is 1. The van der Waals surface area contributed by atoms with Crippen molar-refractivity contribution in [2.75, 3.05) is 5.32 Å². The molecule has 0 saturated heterocycles. The quantitative estimate of drug-likeness (QED) is 0.571. The summed E-state index contributed by atoms with van der Waals surface area (Å²) in [6.45, 7) is 7.75. The summed E-state index contributed by atoms with van der Waals surface area (Å²) in [6, 6.07) is 1.69. The lowest BCUT2D eigenvalue weighted by atomic mass is 10.2. The maximum Gasteiger partial charge on any atom is 0.238 e. The summed E-state index contributed by atoms with van der Waals surface area (Å²) in [5.74, 6) is 0.942. The summed E-state index contributed by atoms with van der Waals surface area (Å²) < 4.78 is 4.95. The van der Waals surface area contributed by atoms with Crippen LogP contribution in [0, 0.1) is 20.8 Å². The van der Waals surface area contributed by atoms with Gasteiger partial charge in [-0.25, -0.2) is 9.97 Å². The average molecular weight is 348 g/mol. The first-order chi connectivity index (χ1) is 11.0. The molecule has 1 amide bonds. The smallest absolute Gasteiger partial charge is 0.238 e. The molecular weight excluding hydrogens is 332 g/mol. The van der Waals surface area contributed by atoms with Crippen LogP contribution in [0.3, 0.4) is 0 Å². The van der Waals surface area contributed by atoms with Crippen molar-refractivity contribution in [2.45, 2.75) is 38.0 Å². The zero-order valence-electron chi connectivity index (χ0n) is 13.2. The minimum absolute atomic E-state index is 0.139. The molecule has 0 fully saturated rings. The van der Waals surface area contributed by atoms with Crippen LogP contribution in [0.15, 0.2) is 21.9 Å². The van der Waals surface area contributed by atoms with Gasteiger partial charge in [0.1, 0.15) is 21.9 Å². The van der Waals surface area contributed by atoms with Gasteiger partial charge in [0.25, 0.3) is 0 Å². The van der Waals surface area contributed by atoms with Crippen LogP contribution in [0.25, 0.3) is 10.2 Å². The molecule has 8 heteroatoms. The van der Waals surface area contributed by atoms with Crippen LogP contribution in [-0.4, -0.2) is 26.3 Å². The molecule has 0 aliphatic heterocycles. The first kappa shape index (κ1) is 15.9. The number of carbonyl (C=O) groups excluding carboxylic acids is 1. The molecule has 0 aromatic carbocycles. The van der Waals surface area contributed by atoms with E-state index in [1.54, 1.807) is 30.7 Å². The second kappa shape index (κ2) is 6.29. The summed E-state index contributed by atoms with van der Waals surface area (Å²) in [6.07, 6.45) is 1.55. The molecule has 0 aliphatic carbocycles. The van der Waals surface area contributed by atoms with Crippen LogP contribution in [0.5, 0.6) is 0 Å². The van der Waals surface area contributed by atoms with Crippen LogP contribution in [0.1, 0.15) is 23.1 Å². The minimum atomic E-state index is -0.315. The first-order valence-corrected chi connectivity index (χ1v) is 8.77. The third kappa shape index (κ3) is 3.23. The third-order valence-corrected chi connectivity index (χ3v) is 5.68. The Labute approximate surface area is 141 Å². The molecule has 1 unspecified atom stereocenters. The molecular formula is C15H16N4O2S2. The molecule has 120 valence electrons. The van der Waals surface area contributed by atoms with Gasteiger partial charge in [-0.2, -0.15) is 0 Å². The number of rotatable bonds is 4. The van der Waals surface area contributed by atoms with E-state index in [9.17, 15) is 4.79 Å². The summed E-state index contributed by atoms with van der Waals surface area (Å²) in [4.78, 5) is 23.1. The number of amides is 1. The summed E-state index contributed by atoms with van der Waals surface area (Å²) in [7, 11) is 0. The fraction of sp³-hybridized carbons (Fsp3) is 0.333. The van der Waals surface area contributed by atoms with E-state index in [1.165, 1.54) is 22.2 Å². The normalized spacial score (nSPS) is 12.5. The van der Waals surface area contributed by atoms with Crippen LogP contribution in [0.2, 0.25) is 0 Å². The van der Waals surface area contributed by atoms with Crippen molar-refractivity contribution in [3.8, 4) is 0 Å². The number of nitrogens with one attached hydrogen (secondary N) is 1. The van der Waals surface area contributed by atoms with Crippen molar-refractivity contribution in [1.29, 1.82) is 0 Å². The van der Waals surface area contributed by atoms with Crippen molar-refractivity contribution in [2.24, 2.45) is 0 Å². The molecule has 0 aliphatic rings. The molecule has 3 aromatic rings. The lowest BCUT2D eigenvalue weighted by molar-refractivity contribution is -0.115. The van der Waals surface area contributed by atoms with E-state index < -0.39 is 0 Å². The summed E-state index contributed by atoms with van der Waals surface area (Å²) in [5.41, 5.74) is 1.17. The van der Waals surface area contributed by atoms with Gasteiger partial charge >= 0.3 is 0 Å². The first-order valence-electron chi connectivity index (χ1n) is 7.07. The van der Waals surface area contributed by atoms with E-state index in [-0.39, 0.29) is 11.2 Å². The van der Waals surface area contributed by atoms with E-state index >= 15 is 0 Å². The molecule has 0 radical (unpaired) electrons. The average Bonchev–Trinajstić information content (AvgIpc) is 3.03. The second-order valence-electron chi connectivity index (χ2n) is 5.21. The van der Waals surface area contributed by atoms with E-state index in [4.69, 9.17) is 4.52 Å². The molecule has 3 aromatic heterocycles. The highest BCUT2D eigenvalue weighted by Crippen LogP contribution is 2.36. The maximum absolute atomic E-state index is 12.3. The number of hydrogen-bond donors (Lipinski definition) is 1. The second-order valence-corrected chi connectivity index (χ2v) is 7.75. The van der Waals surface area contributed by atoms with E-state index in [0.29, 0.717) is 11.6 Å². The van der Waals surface area contributed by atoms with Gasteiger partial charge in [-0.15, -0.1) is 11.3 Å². The molecule has 1 N–H and O–H groups in total. The van der Waals surface area contributed by atoms with Gasteiger partial charge in [0.2, 0.25) is 5.91 Å². The van der Waals surface area contributed by atoms with Crippen molar-refractivity contribution in [3.05, 3.63) is 28.6 Å². The minimum Gasteiger partial charge on any atom is -0.360 e. The SMILES string of the molecule is Cc1cc(NC(=O)C(C)Sc2ncnc3sc(C)c(C)c23)no1. The predicted molar refractivity (Wildman–Crippen MR) is 92.1 cm³/mol. The Bertz CT molecular complexity index is 872. The lowest BCUT2D eigenvalue weighted by Crippen LogP contribution is -2.22. The number of thioether (sulfide) groups is 1. The third-order valence-electron chi connectivity index (χ3n) is 3.47. The van der Waals surface area contributed by atoms with Crippen molar-refractivity contribution < 1.29 is 9.32 Å². The highest BCUT2D eigenvalue weighted by atomic mass is 32.2. The van der Waals surface area contributed by atoms with Crippen molar-refractivity contribution in [3.63, 3.8) is 0 Å². The Kier molecular flexibility index (Phi) is 4.36. The van der Waals surface area contributed by atoms with Crippen molar-refractivity contribution >= 4 is 45.0 Å². The fourth-order valence-corrected chi connectivity index (χ4v) is 4.15. The van der Waals surface area contributed by atoms with Crippen molar-refractivity contribution in [1.82, 2.24) is 15.1 Å². The Morgan fingerprint density at radius 1 is 1.35 bits per heavy atom. The summed E-state index contributed by atoms with van der Waals surface area (Å²) >= 11 is 3.07. The Hall–Kier alpha value is -1.93. The zero-order valence-corrected chi connectivity index (χ0v) is 14.8. The van der Waals surface area contributed by atoms with Gasteiger partial charge in [0.15, 0.2) is 5.82 Å². The highest BCUT2D eigenvalue weighted by molar-refractivity contribution is 8.00. The lowest BCUT2D eigenvalue weighted by Gasteiger charge is -2.10. The molecule has 0 bridgehead atoms. The largest absolute Gasteiger partial charge is 0.360 e. The number of anilines is 1. The number of aromatic nitrogens is 3. The van der Waals surface area contributed by atoms with Crippen LogP contribution in [0.4, 0.5) is 5.82 Å². The van der Waals surface area contributed by atoms with Crippen LogP contribution in [-0.2, 0) is 4.79 Å². The Balaban J connectivity index is 1.80. The van der Waals surface area contributed by atoms with E-state index in [1.807, 2.05) is 6.92 Å². The summed E-state index contributed by atoms with van der Waals surface area (Å²) in [5, 5.41) is 8.07. The number of fused-ring (bicyclic) bond motifs is 1. The Morgan fingerprint density at radius 2 is 2.13 bits per heavy atom. The van der Waals surface area contributed by atoms with E-state index in [0.717, 1.165) is 15.2 Å². The van der Waals surface area contributed by atoms with Gasteiger partial charge < -0.3 is 9.84 Å².